The Bertz CT molecular complexity index is 372. The van der Waals surface area contributed by atoms with Gasteiger partial charge >= 0.3 is 0 Å². The van der Waals surface area contributed by atoms with Crippen LogP contribution in [0.25, 0.3) is 11.6 Å². The van der Waals surface area contributed by atoms with Crippen LogP contribution in [0.2, 0.25) is 5.15 Å². The maximum atomic E-state index is 5.68. The van der Waals surface area contributed by atoms with Gasteiger partial charge in [-0.3, -0.25) is 0 Å². The standard InChI is InChI=1S/C8H5ClN2O/c9-7-3-1-2-6(11-7)8-10-4-5-12-8/h1-5H. The molecule has 0 aromatic carbocycles. The first-order valence-corrected chi connectivity index (χ1v) is 3.76. The van der Waals surface area contributed by atoms with Crippen molar-refractivity contribution in [2.45, 2.75) is 0 Å². The molecule has 2 aromatic rings. The molecule has 12 heavy (non-hydrogen) atoms. The highest BCUT2D eigenvalue weighted by atomic mass is 35.5. The first-order valence-electron chi connectivity index (χ1n) is 3.39. The summed E-state index contributed by atoms with van der Waals surface area (Å²) in [4.78, 5) is 7.96. The lowest BCUT2D eigenvalue weighted by Gasteiger charge is -1.93. The van der Waals surface area contributed by atoms with E-state index in [9.17, 15) is 0 Å². The highest BCUT2D eigenvalue weighted by molar-refractivity contribution is 6.29. The number of nitrogens with zero attached hydrogens (tertiary/aromatic N) is 2. The van der Waals surface area contributed by atoms with E-state index < -0.39 is 0 Å². The Hall–Kier alpha value is -1.35. The molecule has 0 radical (unpaired) electrons. The summed E-state index contributed by atoms with van der Waals surface area (Å²) in [6, 6.07) is 5.29. The van der Waals surface area contributed by atoms with E-state index in [1.54, 1.807) is 24.4 Å². The Morgan fingerprint density at radius 3 is 2.92 bits per heavy atom. The van der Waals surface area contributed by atoms with Crippen LogP contribution in [0.5, 0.6) is 0 Å². The van der Waals surface area contributed by atoms with Crippen molar-refractivity contribution < 1.29 is 4.42 Å². The number of hydrogen-bond acceptors (Lipinski definition) is 3. The Morgan fingerprint density at radius 2 is 2.25 bits per heavy atom. The number of rotatable bonds is 1. The van der Waals surface area contributed by atoms with Gasteiger partial charge in [-0.25, -0.2) is 9.97 Å². The maximum absolute atomic E-state index is 5.68. The Morgan fingerprint density at radius 1 is 1.33 bits per heavy atom. The minimum absolute atomic E-state index is 0.436. The second kappa shape index (κ2) is 2.95. The van der Waals surface area contributed by atoms with Crippen LogP contribution >= 0.6 is 11.6 Å². The lowest BCUT2D eigenvalue weighted by atomic mass is 10.3. The molecule has 0 N–H and O–H groups in total. The average molecular weight is 181 g/mol. The second-order valence-corrected chi connectivity index (χ2v) is 2.57. The molecule has 2 aromatic heterocycles. The molecule has 0 aliphatic carbocycles. The summed E-state index contributed by atoms with van der Waals surface area (Å²) in [7, 11) is 0. The van der Waals surface area contributed by atoms with Crippen LogP contribution in [0.1, 0.15) is 0 Å². The number of pyridine rings is 1. The van der Waals surface area contributed by atoms with Gasteiger partial charge in [0.25, 0.3) is 0 Å². The molecule has 0 saturated carbocycles. The number of hydrogen-bond donors (Lipinski definition) is 0. The molecule has 4 heteroatoms. The Labute approximate surface area is 74.0 Å². The van der Waals surface area contributed by atoms with Gasteiger partial charge in [0, 0.05) is 0 Å². The van der Waals surface area contributed by atoms with Crippen molar-refractivity contribution in [2.75, 3.05) is 0 Å². The van der Waals surface area contributed by atoms with E-state index in [4.69, 9.17) is 16.0 Å². The SMILES string of the molecule is Clc1cccc(-c2ncco2)n1. The zero-order valence-electron chi connectivity index (χ0n) is 6.07. The maximum Gasteiger partial charge on any atom is 0.245 e. The van der Waals surface area contributed by atoms with Gasteiger partial charge in [0.05, 0.1) is 6.20 Å². The van der Waals surface area contributed by atoms with Crippen LogP contribution in [0.3, 0.4) is 0 Å². The molecule has 2 rings (SSSR count). The summed E-state index contributed by atoms with van der Waals surface area (Å²) in [5.41, 5.74) is 0.646. The van der Waals surface area contributed by atoms with Gasteiger partial charge in [0.15, 0.2) is 0 Å². The lowest BCUT2D eigenvalue weighted by Crippen LogP contribution is -1.82. The summed E-state index contributed by atoms with van der Waals surface area (Å²) in [5, 5.41) is 0.436. The molecule has 0 bridgehead atoms. The molecule has 2 heterocycles. The zero-order valence-corrected chi connectivity index (χ0v) is 6.82. The van der Waals surface area contributed by atoms with Gasteiger partial charge in [0.1, 0.15) is 17.1 Å². The smallest absolute Gasteiger partial charge is 0.245 e. The van der Waals surface area contributed by atoms with Gasteiger partial charge < -0.3 is 4.42 Å². The highest BCUT2D eigenvalue weighted by Crippen LogP contribution is 2.15. The van der Waals surface area contributed by atoms with Crippen molar-refractivity contribution >= 4 is 11.6 Å². The van der Waals surface area contributed by atoms with E-state index in [1.165, 1.54) is 6.26 Å². The minimum atomic E-state index is 0.436. The van der Waals surface area contributed by atoms with Crippen LogP contribution in [-0.2, 0) is 0 Å². The van der Waals surface area contributed by atoms with Crippen molar-refractivity contribution in [2.24, 2.45) is 0 Å². The summed E-state index contributed by atoms with van der Waals surface area (Å²) in [6.07, 6.45) is 3.07. The van der Waals surface area contributed by atoms with Gasteiger partial charge in [-0.1, -0.05) is 17.7 Å². The molecular formula is C8H5ClN2O. The lowest BCUT2D eigenvalue weighted by molar-refractivity contribution is 0.572. The van der Waals surface area contributed by atoms with Crippen LogP contribution in [0.15, 0.2) is 35.1 Å². The predicted octanol–water partition coefficient (Wildman–Crippen LogP) is 2.39. The van der Waals surface area contributed by atoms with E-state index in [1.807, 2.05) is 0 Å². The second-order valence-electron chi connectivity index (χ2n) is 2.18. The summed E-state index contributed by atoms with van der Waals surface area (Å²) < 4.78 is 5.04. The molecule has 0 spiro atoms. The zero-order chi connectivity index (χ0) is 8.39. The first-order chi connectivity index (χ1) is 5.86. The number of aromatic nitrogens is 2. The van der Waals surface area contributed by atoms with Gasteiger partial charge in [-0.2, -0.15) is 0 Å². The molecule has 0 aliphatic heterocycles. The Kier molecular flexibility index (Phi) is 1.80. The van der Waals surface area contributed by atoms with Crippen molar-refractivity contribution in [1.82, 2.24) is 9.97 Å². The summed E-state index contributed by atoms with van der Waals surface area (Å²) in [6.45, 7) is 0. The Balaban J connectivity index is 2.48. The fourth-order valence-corrected chi connectivity index (χ4v) is 1.04. The molecule has 0 aliphatic rings. The fraction of sp³-hybridized carbons (Fsp3) is 0. The van der Waals surface area contributed by atoms with Crippen molar-refractivity contribution in [3.63, 3.8) is 0 Å². The first kappa shape index (κ1) is 7.31. The van der Waals surface area contributed by atoms with Gasteiger partial charge in [-0.05, 0) is 12.1 Å². The fourth-order valence-electron chi connectivity index (χ4n) is 0.877. The van der Waals surface area contributed by atoms with E-state index in [-0.39, 0.29) is 0 Å². The number of halogens is 1. The predicted molar refractivity (Wildman–Crippen MR) is 44.7 cm³/mol. The molecular weight excluding hydrogens is 176 g/mol. The quantitative estimate of drug-likeness (QED) is 0.633. The van der Waals surface area contributed by atoms with Gasteiger partial charge in [-0.15, -0.1) is 0 Å². The molecule has 60 valence electrons. The monoisotopic (exact) mass is 180 g/mol. The molecule has 3 nitrogen and oxygen atoms in total. The third kappa shape index (κ3) is 1.31. The van der Waals surface area contributed by atoms with E-state index >= 15 is 0 Å². The summed E-state index contributed by atoms with van der Waals surface area (Å²) in [5.74, 6) is 0.484. The van der Waals surface area contributed by atoms with E-state index in [2.05, 4.69) is 9.97 Å². The summed E-state index contributed by atoms with van der Waals surface area (Å²) >= 11 is 5.68. The molecule has 0 atom stereocenters. The highest BCUT2D eigenvalue weighted by Gasteiger charge is 2.02. The molecule has 0 fully saturated rings. The molecule has 0 saturated heterocycles. The van der Waals surface area contributed by atoms with E-state index in [0.29, 0.717) is 16.7 Å². The topological polar surface area (TPSA) is 38.9 Å². The van der Waals surface area contributed by atoms with Crippen LogP contribution in [0, 0.1) is 0 Å². The van der Waals surface area contributed by atoms with Crippen LogP contribution in [0.4, 0.5) is 0 Å². The molecule has 0 unspecified atom stereocenters. The minimum Gasteiger partial charge on any atom is -0.443 e. The number of oxazole rings is 1. The van der Waals surface area contributed by atoms with Crippen molar-refractivity contribution in [3.8, 4) is 11.6 Å². The normalized spacial score (nSPS) is 10.1. The largest absolute Gasteiger partial charge is 0.443 e. The molecule has 0 amide bonds. The van der Waals surface area contributed by atoms with Crippen LogP contribution < -0.4 is 0 Å². The third-order valence-electron chi connectivity index (χ3n) is 1.37. The van der Waals surface area contributed by atoms with Crippen molar-refractivity contribution in [3.05, 3.63) is 35.8 Å². The van der Waals surface area contributed by atoms with Crippen LogP contribution in [-0.4, -0.2) is 9.97 Å². The van der Waals surface area contributed by atoms with Gasteiger partial charge in [0.2, 0.25) is 5.89 Å². The van der Waals surface area contributed by atoms with Crippen molar-refractivity contribution in [1.29, 1.82) is 0 Å². The average Bonchev–Trinajstić information content (AvgIpc) is 2.56. The van der Waals surface area contributed by atoms with E-state index in [0.717, 1.165) is 0 Å². The third-order valence-corrected chi connectivity index (χ3v) is 1.58.